The molecule has 0 radical (unpaired) electrons. The van der Waals surface area contributed by atoms with E-state index in [1.807, 2.05) is 58.1 Å². The Bertz CT molecular complexity index is 2090. The largest absolute Gasteiger partial charge is 0.460 e. The van der Waals surface area contributed by atoms with Crippen LogP contribution < -0.4 is 0 Å². The number of piperidine rings is 1. The van der Waals surface area contributed by atoms with Crippen molar-refractivity contribution in [3.05, 3.63) is 47.6 Å². The van der Waals surface area contributed by atoms with Crippen LogP contribution in [-0.4, -0.2) is 190 Å². The average Bonchev–Trinajstić information content (AvgIpc) is 3.55. The van der Waals surface area contributed by atoms with Crippen LogP contribution in [0.2, 0.25) is 0 Å². The third-order valence-electron chi connectivity index (χ3n) is 18.0. The number of unbranched alkanes of at least 4 members (excludes halogenated alkanes) is 1. The highest BCUT2D eigenvalue weighted by Gasteiger charge is 2.53. The van der Waals surface area contributed by atoms with Crippen LogP contribution in [0.5, 0.6) is 0 Å². The Hall–Kier alpha value is -3.65. The number of methoxy groups -OCH3 is 4. The summed E-state index contributed by atoms with van der Waals surface area (Å²) >= 11 is 0. The highest BCUT2D eigenvalue weighted by atomic mass is 16.6. The number of nitrogens with zero attached hydrogens (tertiary/aromatic N) is 3. The maximum Gasteiger partial charge on any atom is 0.329 e. The van der Waals surface area contributed by atoms with Gasteiger partial charge in [0.2, 0.25) is 5.79 Å². The number of likely N-dealkylation sites (N-methyl/N-ethyl adjacent to an activating group) is 1. The molecule has 2 bridgehead atoms. The van der Waals surface area contributed by atoms with Crippen LogP contribution in [0, 0.1) is 40.9 Å². The zero-order valence-electron chi connectivity index (χ0n) is 50.2. The molecule has 0 spiro atoms. The summed E-state index contributed by atoms with van der Waals surface area (Å²) in [7, 11) is 8.52. The van der Waals surface area contributed by atoms with Gasteiger partial charge in [-0.2, -0.15) is 0 Å². The van der Waals surface area contributed by atoms with Crippen molar-refractivity contribution >= 4 is 29.3 Å². The number of rotatable bonds is 13. The summed E-state index contributed by atoms with van der Waals surface area (Å²) in [6.07, 6.45) is 15.4. The molecule has 0 aromatic carbocycles. The van der Waals surface area contributed by atoms with Gasteiger partial charge in [0.05, 0.1) is 24.4 Å². The fourth-order valence-electron chi connectivity index (χ4n) is 12.6. The molecule has 17 nitrogen and oxygen atoms in total. The number of ether oxygens (including phenoxy) is 7. The molecule has 3 saturated heterocycles. The van der Waals surface area contributed by atoms with Crippen molar-refractivity contribution in [1.29, 1.82) is 5.41 Å². The second kappa shape index (κ2) is 32.3. The van der Waals surface area contributed by atoms with Gasteiger partial charge in [-0.1, -0.05) is 71.1 Å². The van der Waals surface area contributed by atoms with E-state index in [2.05, 4.69) is 36.8 Å². The molecule has 0 aromatic rings. The number of hydrogen-bond acceptors (Lipinski definition) is 16. The van der Waals surface area contributed by atoms with Crippen molar-refractivity contribution in [1.82, 2.24) is 14.7 Å². The van der Waals surface area contributed by atoms with Gasteiger partial charge in [-0.05, 0) is 139 Å². The van der Waals surface area contributed by atoms with Crippen LogP contribution in [0.3, 0.4) is 0 Å². The van der Waals surface area contributed by atoms with E-state index in [1.54, 1.807) is 28.3 Å². The molecule has 1 amide bonds. The predicted octanol–water partition coefficient (Wildman–Crippen LogP) is 8.05. The molecule has 0 aromatic heterocycles. The van der Waals surface area contributed by atoms with Gasteiger partial charge >= 0.3 is 11.9 Å². The van der Waals surface area contributed by atoms with Gasteiger partial charge < -0.3 is 63.5 Å². The maximum absolute atomic E-state index is 14.8. The van der Waals surface area contributed by atoms with Crippen LogP contribution in [-0.2, 0) is 52.3 Å². The maximum atomic E-state index is 14.8. The number of cyclic esters (lactones) is 1. The van der Waals surface area contributed by atoms with E-state index in [0.717, 1.165) is 57.6 Å². The molecule has 448 valence electrons. The summed E-state index contributed by atoms with van der Waals surface area (Å²) < 4.78 is 42.8. The minimum atomic E-state index is -2.41. The highest BCUT2D eigenvalue weighted by molar-refractivity contribution is 6.39. The van der Waals surface area contributed by atoms with Gasteiger partial charge in [0, 0.05) is 98.0 Å². The third kappa shape index (κ3) is 18.9. The van der Waals surface area contributed by atoms with Gasteiger partial charge in [0.1, 0.15) is 30.5 Å². The van der Waals surface area contributed by atoms with Crippen LogP contribution in [0.4, 0.5) is 0 Å². The average molecular weight is 1110 g/mol. The van der Waals surface area contributed by atoms with Crippen molar-refractivity contribution in [3.63, 3.8) is 0 Å². The number of carbonyl (C=O) groups excluding carboxylic acids is 4. The molecule has 1 saturated carbocycles. The molecule has 17 heteroatoms. The Kier molecular flexibility index (Phi) is 27.0. The van der Waals surface area contributed by atoms with Crippen LogP contribution in [0.1, 0.15) is 145 Å². The first-order chi connectivity index (χ1) is 37.6. The Morgan fingerprint density at radius 2 is 1.53 bits per heavy atom. The first-order valence-electron chi connectivity index (χ1n) is 29.8. The quantitative estimate of drug-likeness (QED) is 0.0691. The molecule has 3 N–H and O–H groups in total. The van der Waals surface area contributed by atoms with Crippen LogP contribution in [0.25, 0.3) is 0 Å². The predicted molar refractivity (Wildman–Crippen MR) is 305 cm³/mol. The SMILES string of the molecule is CO[C@H]1C[C@@H]2CC[C@@H](C)[C@@](O)(O2)C(=O)C(=O)N2CCCC[C@H]2C(=O)O[C@H]([C@H](C)C[C@@H]2CC[C@@H](OC(=O)CCCCN3CCN(C)CC3)[C@H](OC)C2)C[C@@H](OC)[C@H](C)/C=C(\C)[C@@H](O)[C@@H](OC)C(=N)[C@H](C)C[C@H](C)/C=C/C=C/C=C/1C. The van der Waals surface area contributed by atoms with Gasteiger partial charge in [-0.25, -0.2) is 4.79 Å². The summed E-state index contributed by atoms with van der Waals surface area (Å²) in [5.74, 6) is -6.47. The van der Waals surface area contributed by atoms with E-state index in [0.29, 0.717) is 75.5 Å². The van der Waals surface area contributed by atoms with Crippen molar-refractivity contribution in [2.24, 2.45) is 35.5 Å². The number of piperazine rings is 1. The number of allylic oxidation sites excluding steroid dienone is 5. The number of ketones is 1. The molecule has 0 unspecified atom stereocenters. The third-order valence-corrected chi connectivity index (χ3v) is 18.0. The van der Waals surface area contributed by atoms with Gasteiger partial charge in [0.25, 0.3) is 11.7 Å². The van der Waals surface area contributed by atoms with Crippen molar-refractivity contribution in [2.75, 3.05) is 74.8 Å². The van der Waals surface area contributed by atoms with Crippen molar-refractivity contribution in [3.8, 4) is 0 Å². The van der Waals surface area contributed by atoms with E-state index >= 15 is 0 Å². The lowest BCUT2D eigenvalue weighted by Crippen LogP contribution is -2.61. The normalized spacial score (nSPS) is 37.9. The second-order valence-corrected chi connectivity index (χ2v) is 24.1. The summed E-state index contributed by atoms with van der Waals surface area (Å²) in [4.78, 5) is 62.9. The van der Waals surface area contributed by atoms with E-state index < -0.39 is 72.0 Å². The van der Waals surface area contributed by atoms with Crippen LogP contribution in [0.15, 0.2) is 47.6 Å². The van der Waals surface area contributed by atoms with Gasteiger partial charge in [0.15, 0.2) is 0 Å². The zero-order valence-corrected chi connectivity index (χ0v) is 50.2. The van der Waals surface area contributed by atoms with E-state index in [-0.39, 0.29) is 67.2 Å². The van der Waals surface area contributed by atoms with E-state index in [9.17, 15) is 34.8 Å². The fraction of sp³-hybridized carbons (Fsp3) is 0.790. The highest BCUT2D eigenvalue weighted by Crippen LogP contribution is 2.39. The summed E-state index contributed by atoms with van der Waals surface area (Å²) in [6, 6.07) is -1.08. The fourth-order valence-corrected chi connectivity index (χ4v) is 12.6. The molecule has 79 heavy (non-hydrogen) atoms. The molecular formula is C62H102N4O13. The van der Waals surface area contributed by atoms with E-state index in [4.69, 9.17) is 33.2 Å². The topological polar surface area (TPSA) is 207 Å². The molecule has 4 fully saturated rings. The number of hydrogen-bond donors (Lipinski definition) is 3. The Morgan fingerprint density at radius 3 is 2.22 bits per heavy atom. The Morgan fingerprint density at radius 1 is 0.810 bits per heavy atom. The molecule has 5 rings (SSSR count). The number of esters is 2. The summed E-state index contributed by atoms with van der Waals surface area (Å²) in [6.45, 7) is 18.9. The molecule has 4 aliphatic heterocycles. The molecule has 16 atom stereocenters. The lowest BCUT2D eigenvalue weighted by atomic mass is 9.78. The Labute approximate surface area is 473 Å². The van der Waals surface area contributed by atoms with Gasteiger partial charge in [-0.15, -0.1) is 0 Å². The zero-order chi connectivity index (χ0) is 58.0. The number of aliphatic hydroxyl groups is 2. The van der Waals surface area contributed by atoms with Gasteiger partial charge in [-0.3, -0.25) is 14.4 Å². The Balaban J connectivity index is 1.39. The first-order valence-corrected chi connectivity index (χ1v) is 29.8. The van der Waals surface area contributed by atoms with Crippen molar-refractivity contribution in [2.45, 2.75) is 205 Å². The van der Waals surface area contributed by atoms with Crippen LogP contribution >= 0.6 is 0 Å². The first kappa shape index (κ1) is 66.2. The lowest BCUT2D eigenvalue weighted by Gasteiger charge is -2.43. The lowest BCUT2D eigenvalue weighted by molar-refractivity contribution is -0.265. The smallest absolute Gasteiger partial charge is 0.329 e. The number of aliphatic hydroxyl groups excluding tert-OH is 1. The monoisotopic (exact) mass is 1110 g/mol. The number of carbonyl (C=O) groups is 4. The summed E-state index contributed by atoms with van der Waals surface area (Å²) in [5.41, 5.74) is 1.81. The van der Waals surface area contributed by atoms with E-state index in [1.165, 1.54) is 12.0 Å². The second-order valence-electron chi connectivity index (χ2n) is 24.1. The van der Waals surface area contributed by atoms with Crippen molar-refractivity contribution < 1.29 is 62.5 Å². The molecule has 5 aliphatic rings. The molecule has 1 aliphatic carbocycles. The molecular weight excluding hydrogens is 1010 g/mol. The standard InChI is InChI=1S/C62H102N4O13/c1-40-20-14-13-15-21-41(2)51(73-9)38-48-26-24-46(7)62(72,79-48)59(69)60(70)66-29-19-16-22-49(66)61(71)78-53(39-52(74-10)42(3)35-45(6)57(68)58(76-12)56(63)44(5)34-40)43(4)36-47-25-27-50(54(37-47)75-11)77-55(67)23-17-18-28-65-32-30-64(8)31-33-65/h13-15,20-21,35,40,42-44,46-54,57-58,63,68,72H,16-19,22-34,36-39H2,1-12H3/b15-13+,20-14+,41-21+,45-35+,63-56?/t40-,42-,43-,44-,46-,47+,48+,49+,50-,51+,52-,53+,54-,57-,58+,62-/m1/s1. The summed E-state index contributed by atoms with van der Waals surface area (Å²) in [5, 5.41) is 33.1. The number of fused-ring (bicyclic) bond motifs is 3. The minimum absolute atomic E-state index is 0.115. The number of Topliss-reactive ketones (excluding diaryl/α,β-unsaturated/α-hetero) is 1. The minimum Gasteiger partial charge on any atom is -0.460 e. The molecule has 4 heterocycles. The number of nitrogens with one attached hydrogen (secondary N) is 1. The number of amides is 1.